The molecule has 2 aliphatic heterocycles. The Hall–Kier alpha value is -3.87. The van der Waals surface area contributed by atoms with Crippen molar-refractivity contribution in [2.45, 2.75) is 26.3 Å². The fourth-order valence-electron chi connectivity index (χ4n) is 3.96. The van der Waals surface area contributed by atoms with Gasteiger partial charge in [0.2, 0.25) is 13.6 Å². The lowest BCUT2D eigenvalue weighted by Crippen LogP contribution is -2.41. The molecular formula is C26H26N2O5. The van der Waals surface area contributed by atoms with Crippen LogP contribution in [0.4, 0.5) is 16.2 Å². The number of amides is 2. The van der Waals surface area contributed by atoms with E-state index in [0.29, 0.717) is 47.5 Å². The van der Waals surface area contributed by atoms with Gasteiger partial charge in [0.25, 0.3) is 0 Å². The highest BCUT2D eigenvalue weighted by Crippen LogP contribution is 2.41. The van der Waals surface area contributed by atoms with Crippen LogP contribution in [-0.2, 0) is 6.54 Å². The fraction of sp³-hybridized carbons (Fsp3) is 0.269. The SMILES string of the molecule is CCCCN(Cc1ccccc1)C(=O)N(c1ccc2c(c1)OCO2)c1ccc2c(c1)OCO2. The van der Waals surface area contributed by atoms with E-state index in [2.05, 4.69) is 6.92 Å². The Morgan fingerprint density at radius 1 is 0.788 bits per heavy atom. The molecule has 5 rings (SSSR count). The van der Waals surface area contributed by atoms with Gasteiger partial charge in [0.15, 0.2) is 23.0 Å². The standard InChI is InChI=1S/C26H26N2O5/c1-2-3-13-27(16-19-7-5-4-6-8-19)26(29)28(20-9-11-22-24(14-20)32-17-30-22)21-10-12-23-25(15-21)33-18-31-23/h4-12,14-15H,2-3,13,16-18H2,1H3. The number of fused-ring (bicyclic) bond motifs is 2. The second kappa shape index (κ2) is 9.32. The molecule has 0 aliphatic carbocycles. The van der Waals surface area contributed by atoms with E-state index < -0.39 is 0 Å². The minimum Gasteiger partial charge on any atom is -0.454 e. The first-order chi connectivity index (χ1) is 16.2. The summed E-state index contributed by atoms with van der Waals surface area (Å²) in [6.07, 6.45) is 1.90. The van der Waals surface area contributed by atoms with Gasteiger partial charge in [-0.2, -0.15) is 0 Å². The van der Waals surface area contributed by atoms with Gasteiger partial charge in [0.1, 0.15) is 0 Å². The molecule has 2 amide bonds. The molecule has 0 N–H and O–H groups in total. The summed E-state index contributed by atoms with van der Waals surface area (Å²) in [5.41, 5.74) is 2.47. The highest BCUT2D eigenvalue weighted by molar-refractivity contribution is 6.00. The van der Waals surface area contributed by atoms with Crippen LogP contribution in [0.1, 0.15) is 25.3 Å². The molecule has 0 saturated carbocycles. The molecule has 3 aromatic carbocycles. The molecule has 7 heteroatoms. The normalized spacial score (nSPS) is 13.1. The number of urea groups is 1. The van der Waals surface area contributed by atoms with E-state index in [0.717, 1.165) is 18.4 Å². The van der Waals surface area contributed by atoms with Gasteiger partial charge in [-0.05, 0) is 36.2 Å². The van der Waals surface area contributed by atoms with Crippen molar-refractivity contribution in [1.29, 1.82) is 0 Å². The second-order valence-corrected chi connectivity index (χ2v) is 7.95. The van der Waals surface area contributed by atoms with Crippen molar-refractivity contribution in [2.75, 3.05) is 25.0 Å². The first-order valence-corrected chi connectivity index (χ1v) is 11.1. The smallest absolute Gasteiger partial charge is 0.329 e. The number of carbonyl (C=O) groups excluding carboxylic acids is 1. The largest absolute Gasteiger partial charge is 0.454 e. The minimum absolute atomic E-state index is 0.120. The van der Waals surface area contributed by atoms with Crippen molar-refractivity contribution < 1.29 is 23.7 Å². The topological polar surface area (TPSA) is 60.5 Å². The molecule has 7 nitrogen and oxygen atoms in total. The van der Waals surface area contributed by atoms with Crippen LogP contribution in [0.2, 0.25) is 0 Å². The molecule has 0 atom stereocenters. The quantitative estimate of drug-likeness (QED) is 0.466. The minimum atomic E-state index is -0.120. The summed E-state index contributed by atoms with van der Waals surface area (Å²) < 4.78 is 22.1. The molecule has 2 heterocycles. The monoisotopic (exact) mass is 446 g/mol. The van der Waals surface area contributed by atoms with Crippen molar-refractivity contribution in [2.24, 2.45) is 0 Å². The number of hydrogen-bond donors (Lipinski definition) is 0. The lowest BCUT2D eigenvalue weighted by atomic mass is 10.2. The molecule has 170 valence electrons. The number of ether oxygens (including phenoxy) is 4. The van der Waals surface area contributed by atoms with Crippen LogP contribution in [0.5, 0.6) is 23.0 Å². The zero-order valence-electron chi connectivity index (χ0n) is 18.5. The van der Waals surface area contributed by atoms with Crippen LogP contribution in [-0.4, -0.2) is 31.1 Å². The predicted octanol–water partition coefficient (Wildman–Crippen LogP) is 5.70. The molecular weight excluding hydrogens is 420 g/mol. The third kappa shape index (κ3) is 4.39. The number of carbonyl (C=O) groups is 1. The molecule has 0 spiro atoms. The highest BCUT2D eigenvalue weighted by atomic mass is 16.7. The zero-order chi connectivity index (χ0) is 22.6. The highest BCUT2D eigenvalue weighted by Gasteiger charge is 2.28. The van der Waals surface area contributed by atoms with Crippen LogP contribution in [0.15, 0.2) is 66.7 Å². The number of hydrogen-bond acceptors (Lipinski definition) is 5. The maximum atomic E-state index is 14.1. The molecule has 33 heavy (non-hydrogen) atoms. The van der Waals surface area contributed by atoms with Gasteiger partial charge in [0, 0.05) is 25.2 Å². The number of benzene rings is 3. The van der Waals surface area contributed by atoms with E-state index in [1.165, 1.54) is 0 Å². The van der Waals surface area contributed by atoms with Crippen molar-refractivity contribution in [1.82, 2.24) is 4.90 Å². The summed E-state index contributed by atoms with van der Waals surface area (Å²) in [6.45, 7) is 3.64. The maximum Gasteiger partial charge on any atom is 0.329 e. The molecule has 0 unspecified atom stereocenters. The zero-order valence-corrected chi connectivity index (χ0v) is 18.5. The fourth-order valence-corrected chi connectivity index (χ4v) is 3.96. The lowest BCUT2D eigenvalue weighted by molar-refractivity contribution is 0.173. The first-order valence-electron chi connectivity index (χ1n) is 11.1. The lowest BCUT2D eigenvalue weighted by Gasteiger charge is -2.31. The Kier molecular flexibility index (Phi) is 5.93. The van der Waals surface area contributed by atoms with Crippen LogP contribution in [0.3, 0.4) is 0 Å². The molecule has 3 aromatic rings. The van der Waals surface area contributed by atoms with E-state index in [1.807, 2.05) is 71.6 Å². The van der Waals surface area contributed by atoms with E-state index in [9.17, 15) is 4.79 Å². The molecule has 0 fully saturated rings. The summed E-state index contributed by atoms with van der Waals surface area (Å²) in [6, 6.07) is 21.0. The van der Waals surface area contributed by atoms with Crippen LogP contribution >= 0.6 is 0 Å². The van der Waals surface area contributed by atoms with E-state index in [4.69, 9.17) is 18.9 Å². The first kappa shape index (κ1) is 21.0. The Balaban J connectivity index is 1.53. The Bertz CT molecular complexity index is 1080. The van der Waals surface area contributed by atoms with E-state index >= 15 is 0 Å². The molecule has 0 bridgehead atoms. The average molecular weight is 447 g/mol. The number of unbranched alkanes of at least 4 members (excludes halogenated alkanes) is 1. The molecule has 0 aromatic heterocycles. The molecule has 2 aliphatic rings. The summed E-state index contributed by atoms with van der Waals surface area (Å²) in [7, 11) is 0. The maximum absolute atomic E-state index is 14.1. The molecule has 0 radical (unpaired) electrons. The Morgan fingerprint density at radius 3 is 1.94 bits per heavy atom. The Labute approximate surface area is 193 Å². The van der Waals surface area contributed by atoms with Crippen LogP contribution < -0.4 is 23.8 Å². The van der Waals surface area contributed by atoms with E-state index in [-0.39, 0.29) is 19.6 Å². The van der Waals surface area contributed by atoms with Crippen molar-refractivity contribution in [3.05, 3.63) is 72.3 Å². The van der Waals surface area contributed by atoms with Crippen molar-refractivity contribution in [3.63, 3.8) is 0 Å². The summed E-state index contributed by atoms with van der Waals surface area (Å²) in [5.74, 6) is 2.58. The number of nitrogens with zero attached hydrogens (tertiary/aromatic N) is 2. The van der Waals surface area contributed by atoms with Gasteiger partial charge in [-0.15, -0.1) is 0 Å². The summed E-state index contributed by atoms with van der Waals surface area (Å²) >= 11 is 0. The average Bonchev–Trinajstić information content (AvgIpc) is 3.51. The van der Waals surface area contributed by atoms with Crippen molar-refractivity contribution in [3.8, 4) is 23.0 Å². The van der Waals surface area contributed by atoms with Gasteiger partial charge in [-0.1, -0.05) is 43.7 Å². The third-order valence-corrected chi connectivity index (χ3v) is 5.69. The predicted molar refractivity (Wildman–Crippen MR) is 124 cm³/mol. The van der Waals surface area contributed by atoms with Crippen LogP contribution in [0.25, 0.3) is 0 Å². The molecule has 0 saturated heterocycles. The number of rotatable bonds is 7. The van der Waals surface area contributed by atoms with Gasteiger partial charge < -0.3 is 23.8 Å². The van der Waals surface area contributed by atoms with E-state index in [1.54, 1.807) is 4.90 Å². The van der Waals surface area contributed by atoms with Crippen molar-refractivity contribution >= 4 is 17.4 Å². The van der Waals surface area contributed by atoms with Gasteiger partial charge in [-0.25, -0.2) is 4.79 Å². The summed E-state index contributed by atoms with van der Waals surface area (Å²) in [5, 5.41) is 0. The van der Waals surface area contributed by atoms with Gasteiger partial charge in [-0.3, -0.25) is 4.90 Å². The third-order valence-electron chi connectivity index (χ3n) is 5.69. The Morgan fingerprint density at radius 2 is 1.36 bits per heavy atom. The second-order valence-electron chi connectivity index (χ2n) is 7.95. The van der Waals surface area contributed by atoms with Gasteiger partial charge in [0.05, 0.1) is 11.4 Å². The summed E-state index contributed by atoms with van der Waals surface area (Å²) in [4.78, 5) is 17.6. The van der Waals surface area contributed by atoms with Crippen LogP contribution in [0, 0.1) is 0 Å². The number of anilines is 2. The van der Waals surface area contributed by atoms with Gasteiger partial charge >= 0.3 is 6.03 Å².